The first-order valence-electron chi connectivity index (χ1n) is 10.7. The van der Waals surface area contributed by atoms with Crippen LogP contribution in [0.3, 0.4) is 0 Å². The summed E-state index contributed by atoms with van der Waals surface area (Å²) in [5.74, 6) is 2.52. The van der Waals surface area contributed by atoms with Crippen LogP contribution in [0.1, 0.15) is 29.8 Å². The molecule has 3 aromatic rings. The van der Waals surface area contributed by atoms with Gasteiger partial charge in [0.25, 0.3) is 0 Å². The second-order valence-electron chi connectivity index (χ2n) is 8.28. The van der Waals surface area contributed by atoms with Gasteiger partial charge in [-0.3, -0.25) is 0 Å². The van der Waals surface area contributed by atoms with Crippen LogP contribution < -0.4 is 9.64 Å². The summed E-state index contributed by atoms with van der Waals surface area (Å²) >= 11 is 6.64. The number of rotatable bonds is 8. The minimum absolute atomic E-state index is 0. The van der Waals surface area contributed by atoms with Crippen molar-refractivity contribution in [2.45, 2.75) is 33.0 Å². The third-order valence-electron chi connectivity index (χ3n) is 6.07. The first kappa shape index (κ1) is 23.1. The molecule has 2 aliphatic rings. The normalized spacial score (nSPS) is 15.0. The van der Waals surface area contributed by atoms with Crippen LogP contribution in [0, 0.1) is 12.8 Å². The molecule has 0 amide bonds. The van der Waals surface area contributed by atoms with E-state index in [1.807, 2.05) is 29.6 Å². The number of methoxy groups -OCH3 is 2. The second kappa shape index (κ2) is 9.43. The third-order valence-corrected chi connectivity index (χ3v) is 6.38. The first-order valence-corrected chi connectivity index (χ1v) is 11.0. The highest BCUT2D eigenvalue weighted by molar-refractivity contribution is 6.33. The molecular formula is C23H28Cl2N4O3. The first-order chi connectivity index (χ1) is 15.1. The Kier molecular flexibility index (Phi) is 6.81. The van der Waals surface area contributed by atoms with Gasteiger partial charge in [0.15, 0.2) is 5.65 Å². The van der Waals surface area contributed by atoms with Gasteiger partial charge in [0.1, 0.15) is 11.6 Å². The Morgan fingerprint density at radius 1 is 1.25 bits per heavy atom. The Morgan fingerprint density at radius 3 is 2.75 bits per heavy atom. The summed E-state index contributed by atoms with van der Waals surface area (Å²) in [4.78, 5) is 7.38. The maximum absolute atomic E-state index is 6.64. The summed E-state index contributed by atoms with van der Waals surface area (Å²) in [7, 11) is 3.38. The monoisotopic (exact) mass is 478 g/mol. The largest absolute Gasteiger partial charge is 0.497 e. The van der Waals surface area contributed by atoms with Gasteiger partial charge in [-0.25, -0.2) is 4.98 Å². The molecule has 172 valence electrons. The number of hydrogen-bond donors (Lipinski definition) is 0. The summed E-state index contributed by atoms with van der Waals surface area (Å²) in [6.07, 6.45) is 2.56. The van der Waals surface area contributed by atoms with Gasteiger partial charge in [0.2, 0.25) is 0 Å². The summed E-state index contributed by atoms with van der Waals surface area (Å²) in [5.41, 5.74) is 5.65. The van der Waals surface area contributed by atoms with Gasteiger partial charge in [-0.1, -0.05) is 11.6 Å². The molecule has 0 unspecified atom stereocenters. The summed E-state index contributed by atoms with van der Waals surface area (Å²) in [5, 5.41) is 5.55. The van der Waals surface area contributed by atoms with E-state index in [4.69, 9.17) is 35.9 Å². The van der Waals surface area contributed by atoms with Crippen molar-refractivity contribution in [2.75, 3.05) is 38.8 Å². The maximum atomic E-state index is 6.64. The zero-order chi connectivity index (χ0) is 21.5. The van der Waals surface area contributed by atoms with Gasteiger partial charge in [0.05, 0.1) is 48.9 Å². The second-order valence-corrected chi connectivity index (χ2v) is 8.68. The molecule has 0 spiro atoms. The van der Waals surface area contributed by atoms with Crippen LogP contribution >= 0.6 is 24.0 Å². The van der Waals surface area contributed by atoms with E-state index in [-0.39, 0.29) is 12.4 Å². The number of halogens is 2. The lowest BCUT2D eigenvalue weighted by atomic mass is 10.1. The molecule has 3 heterocycles. The molecule has 0 N–H and O–H groups in total. The van der Waals surface area contributed by atoms with Crippen molar-refractivity contribution in [3.63, 3.8) is 0 Å². The Morgan fingerprint density at radius 2 is 2.06 bits per heavy atom. The van der Waals surface area contributed by atoms with Crippen molar-refractivity contribution < 1.29 is 14.2 Å². The van der Waals surface area contributed by atoms with Crippen LogP contribution in [0.4, 0.5) is 5.82 Å². The number of aryl methyl sites for hydroxylation is 1. The average molecular weight is 479 g/mol. The van der Waals surface area contributed by atoms with E-state index < -0.39 is 0 Å². The van der Waals surface area contributed by atoms with E-state index in [0.717, 1.165) is 64.3 Å². The van der Waals surface area contributed by atoms with Crippen LogP contribution in [0.2, 0.25) is 5.02 Å². The zero-order valence-electron chi connectivity index (χ0n) is 18.6. The van der Waals surface area contributed by atoms with Crippen LogP contribution in [0.5, 0.6) is 5.75 Å². The van der Waals surface area contributed by atoms with Gasteiger partial charge < -0.3 is 19.1 Å². The molecule has 32 heavy (non-hydrogen) atoms. The Labute approximate surface area is 199 Å². The molecule has 7 nitrogen and oxygen atoms in total. The number of hydrogen-bond acceptors (Lipinski definition) is 6. The Hall–Kier alpha value is -2.06. The standard InChI is InChI=1S/C23H27ClN4O3.ClH/c1-14-21(17-7-6-16(30-3)10-19(17)24)22-25-20-13-31-12-18(20)23(28(22)26-14)27(8-9-29-2)11-15-4-5-15;/h6-7,10,15H,4-5,8-9,11-13H2,1-3H3;1H. The van der Waals surface area contributed by atoms with Crippen molar-refractivity contribution in [1.29, 1.82) is 0 Å². The number of fused-ring (bicyclic) bond motifs is 2. The van der Waals surface area contributed by atoms with Crippen molar-refractivity contribution in [3.05, 3.63) is 40.2 Å². The molecule has 1 fully saturated rings. The van der Waals surface area contributed by atoms with Crippen molar-refractivity contribution >= 4 is 35.5 Å². The SMILES string of the molecule is COCCN(CC1CC1)c1c2c(nc3c(-c4ccc(OC)cc4Cl)c(C)nn13)COC2.Cl. The number of anilines is 1. The zero-order valence-corrected chi connectivity index (χ0v) is 20.1. The minimum Gasteiger partial charge on any atom is -0.497 e. The Balaban J connectivity index is 0.00000245. The minimum atomic E-state index is 0. The summed E-state index contributed by atoms with van der Waals surface area (Å²) in [6.45, 7) is 5.53. The smallest absolute Gasteiger partial charge is 0.165 e. The molecule has 9 heteroatoms. The number of ether oxygens (including phenoxy) is 3. The highest BCUT2D eigenvalue weighted by Crippen LogP contribution is 2.40. The molecule has 0 saturated heterocycles. The lowest BCUT2D eigenvalue weighted by Crippen LogP contribution is -2.32. The molecule has 5 rings (SSSR count). The van der Waals surface area contributed by atoms with Gasteiger partial charge >= 0.3 is 0 Å². The number of benzene rings is 1. The molecular weight excluding hydrogens is 451 g/mol. The van der Waals surface area contributed by atoms with E-state index in [9.17, 15) is 0 Å². The number of nitrogens with zero attached hydrogens (tertiary/aromatic N) is 4. The molecule has 1 saturated carbocycles. The number of aromatic nitrogens is 3. The fraction of sp³-hybridized carbons (Fsp3) is 0.478. The lowest BCUT2D eigenvalue weighted by molar-refractivity contribution is 0.133. The fourth-order valence-corrected chi connectivity index (χ4v) is 4.56. The van der Waals surface area contributed by atoms with Gasteiger partial charge in [0, 0.05) is 31.3 Å². The highest BCUT2D eigenvalue weighted by Gasteiger charge is 2.31. The molecule has 1 aliphatic heterocycles. The highest BCUT2D eigenvalue weighted by atomic mass is 35.5. The fourth-order valence-electron chi connectivity index (χ4n) is 4.30. The maximum Gasteiger partial charge on any atom is 0.165 e. The van der Waals surface area contributed by atoms with E-state index in [1.165, 1.54) is 12.8 Å². The Bertz CT molecular complexity index is 1130. The van der Waals surface area contributed by atoms with Crippen LogP contribution in [0.15, 0.2) is 18.2 Å². The van der Waals surface area contributed by atoms with Crippen LogP contribution in [-0.4, -0.2) is 48.5 Å². The summed E-state index contributed by atoms with van der Waals surface area (Å²) < 4.78 is 18.5. The van der Waals surface area contributed by atoms with Crippen LogP contribution in [-0.2, 0) is 22.7 Å². The van der Waals surface area contributed by atoms with E-state index in [0.29, 0.717) is 24.8 Å². The third kappa shape index (κ3) is 4.15. The van der Waals surface area contributed by atoms with E-state index in [2.05, 4.69) is 4.90 Å². The van der Waals surface area contributed by atoms with Gasteiger partial charge in [-0.2, -0.15) is 9.61 Å². The van der Waals surface area contributed by atoms with E-state index in [1.54, 1.807) is 14.2 Å². The van der Waals surface area contributed by atoms with Gasteiger partial charge in [-0.05, 0) is 43.9 Å². The van der Waals surface area contributed by atoms with Gasteiger partial charge in [-0.15, -0.1) is 12.4 Å². The topological polar surface area (TPSA) is 61.1 Å². The van der Waals surface area contributed by atoms with E-state index >= 15 is 0 Å². The summed E-state index contributed by atoms with van der Waals surface area (Å²) in [6, 6.07) is 5.72. The lowest BCUT2D eigenvalue weighted by Gasteiger charge is -2.27. The molecule has 0 bridgehead atoms. The molecule has 2 aromatic heterocycles. The predicted molar refractivity (Wildman–Crippen MR) is 127 cm³/mol. The quantitative estimate of drug-likeness (QED) is 0.468. The van der Waals surface area contributed by atoms with Crippen molar-refractivity contribution in [1.82, 2.24) is 14.6 Å². The molecule has 1 aliphatic carbocycles. The van der Waals surface area contributed by atoms with Crippen molar-refractivity contribution in [2.24, 2.45) is 5.92 Å². The molecule has 0 atom stereocenters. The average Bonchev–Trinajstić information content (AvgIpc) is 3.36. The molecule has 1 aromatic carbocycles. The van der Waals surface area contributed by atoms with Crippen molar-refractivity contribution in [3.8, 4) is 16.9 Å². The molecule has 0 radical (unpaired) electrons. The van der Waals surface area contributed by atoms with Crippen LogP contribution in [0.25, 0.3) is 16.8 Å². The predicted octanol–water partition coefficient (Wildman–Crippen LogP) is 4.68.